The molecule has 2 heterocycles. The van der Waals surface area contributed by atoms with Gasteiger partial charge in [-0.3, -0.25) is 4.79 Å². The molecule has 0 spiro atoms. The van der Waals surface area contributed by atoms with Crippen molar-refractivity contribution < 1.29 is 14.3 Å². The Bertz CT molecular complexity index is 1220. The number of benzene rings is 2. The highest BCUT2D eigenvalue weighted by Gasteiger charge is 2.43. The van der Waals surface area contributed by atoms with E-state index in [1.165, 1.54) is 11.2 Å². The first-order chi connectivity index (χ1) is 16.7. The summed E-state index contributed by atoms with van der Waals surface area (Å²) in [6, 6.07) is 24.9. The van der Waals surface area contributed by atoms with Crippen LogP contribution in [0.2, 0.25) is 0 Å². The molecule has 6 heteroatoms. The van der Waals surface area contributed by atoms with Gasteiger partial charge >= 0.3 is 5.97 Å². The van der Waals surface area contributed by atoms with Crippen molar-refractivity contribution in [3.8, 4) is 0 Å². The van der Waals surface area contributed by atoms with Crippen LogP contribution in [0.25, 0.3) is 6.08 Å². The first kappa shape index (κ1) is 21.8. The van der Waals surface area contributed by atoms with E-state index in [-0.39, 0.29) is 30.2 Å². The summed E-state index contributed by atoms with van der Waals surface area (Å²) < 4.78 is 5.29. The number of hydrogen-bond donors (Lipinski definition) is 0. The SMILES string of the molecule is O=C(OCC(=O)N1N=C2/C(=C/c3ccccc3)CCCC2C1c1ccccc1)c1ccccn1. The van der Waals surface area contributed by atoms with Gasteiger partial charge in [-0.15, -0.1) is 0 Å². The number of allylic oxidation sites excluding steroid dienone is 1. The van der Waals surface area contributed by atoms with Crippen molar-refractivity contribution in [3.05, 3.63) is 107 Å². The first-order valence-electron chi connectivity index (χ1n) is 11.5. The zero-order chi connectivity index (χ0) is 23.3. The van der Waals surface area contributed by atoms with E-state index in [0.717, 1.165) is 41.7 Å². The van der Waals surface area contributed by atoms with Gasteiger partial charge < -0.3 is 4.74 Å². The number of amides is 1. The molecule has 0 N–H and O–H groups in total. The predicted octanol–water partition coefficient (Wildman–Crippen LogP) is 5.06. The molecule has 0 bridgehead atoms. The normalized spacial score (nSPS) is 20.5. The Balaban J connectivity index is 1.43. The quantitative estimate of drug-likeness (QED) is 0.508. The largest absolute Gasteiger partial charge is 0.451 e. The Kier molecular flexibility index (Phi) is 6.29. The summed E-state index contributed by atoms with van der Waals surface area (Å²) >= 11 is 0. The van der Waals surface area contributed by atoms with Crippen molar-refractivity contribution in [1.82, 2.24) is 9.99 Å². The highest BCUT2D eigenvalue weighted by atomic mass is 16.5. The maximum atomic E-state index is 13.3. The number of hydrogen-bond acceptors (Lipinski definition) is 5. The molecule has 0 saturated heterocycles. The molecule has 1 aliphatic carbocycles. The second-order valence-corrected chi connectivity index (χ2v) is 8.45. The fourth-order valence-electron chi connectivity index (χ4n) is 4.69. The Morgan fingerprint density at radius 2 is 1.71 bits per heavy atom. The molecule has 34 heavy (non-hydrogen) atoms. The lowest BCUT2D eigenvalue weighted by molar-refractivity contribution is -0.137. The lowest BCUT2D eigenvalue weighted by atomic mass is 9.77. The molecule has 2 aliphatic rings. The van der Waals surface area contributed by atoms with Gasteiger partial charge in [-0.2, -0.15) is 5.10 Å². The molecule has 1 aromatic heterocycles. The van der Waals surface area contributed by atoms with Gasteiger partial charge in [-0.05, 0) is 54.2 Å². The van der Waals surface area contributed by atoms with Crippen LogP contribution in [0.1, 0.15) is 46.9 Å². The molecule has 1 amide bonds. The molecule has 2 atom stereocenters. The maximum absolute atomic E-state index is 13.3. The smallest absolute Gasteiger partial charge is 0.357 e. The lowest BCUT2D eigenvalue weighted by Gasteiger charge is -2.29. The van der Waals surface area contributed by atoms with Gasteiger partial charge in [0.25, 0.3) is 5.91 Å². The van der Waals surface area contributed by atoms with Crippen molar-refractivity contribution >= 4 is 23.7 Å². The minimum Gasteiger partial charge on any atom is -0.451 e. The Morgan fingerprint density at radius 3 is 2.44 bits per heavy atom. The predicted molar refractivity (Wildman–Crippen MR) is 130 cm³/mol. The van der Waals surface area contributed by atoms with E-state index in [9.17, 15) is 9.59 Å². The number of carbonyl (C=O) groups excluding carboxylic acids is 2. The molecule has 3 aromatic rings. The minimum atomic E-state index is -0.626. The zero-order valence-electron chi connectivity index (χ0n) is 18.7. The van der Waals surface area contributed by atoms with Crippen LogP contribution in [0.5, 0.6) is 0 Å². The fourth-order valence-corrected chi connectivity index (χ4v) is 4.69. The number of aromatic nitrogens is 1. The molecule has 1 saturated carbocycles. The molecule has 2 unspecified atom stereocenters. The van der Waals surface area contributed by atoms with E-state index in [4.69, 9.17) is 9.84 Å². The van der Waals surface area contributed by atoms with Crippen LogP contribution in [-0.4, -0.2) is 34.2 Å². The fraction of sp³-hybridized carbons (Fsp3) is 0.214. The van der Waals surface area contributed by atoms with Gasteiger partial charge in [0.1, 0.15) is 5.69 Å². The van der Waals surface area contributed by atoms with Crippen molar-refractivity contribution in [2.24, 2.45) is 11.0 Å². The van der Waals surface area contributed by atoms with Gasteiger partial charge in [-0.1, -0.05) is 66.7 Å². The van der Waals surface area contributed by atoms with Crippen molar-refractivity contribution in [3.63, 3.8) is 0 Å². The van der Waals surface area contributed by atoms with E-state index < -0.39 is 5.97 Å². The monoisotopic (exact) mass is 451 g/mol. The number of ether oxygens (including phenoxy) is 1. The summed E-state index contributed by atoms with van der Waals surface area (Å²) in [5, 5.41) is 6.34. The van der Waals surface area contributed by atoms with E-state index in [0.29, 0.717) is 0 Å². The van der Waals surface area contributed by atoms with Crippen molar-refractivity contribution in [1.29, 1.82) is 0 Å². The molecule has 5 rings (SSSR count). The van der Waals surface area contributed by atoms with Crippen LogP contribution < -0.4 is 0 Å². The van der Waals surface area contributed by atoms with Crippen LogP contribution in [0.15, 0.2) is 95.7 Å². The Morgan fingerprint density at radius 1 is 0.971 bits per heavy atom. The third-order valence-electron chi connectivity index (χ3n) is 6.24. The molecular weight excluding hydrogens is 426 g/mol. The van der Waals surface area contributed by atoms with E-state index in [1.807, 2.05) is 48.5 Å². The number of hydrazone groups is 1. The van der Waals surface area contributed by atoms with Gasteiger partial charge in [0.05, 0.1) is 11.8 Å². The number of fused-ring (bicyclic) bond motifs is 1. The molecular formula is C28H25N3O3. The van der Waals surface area contributed by atoms with E-state index in [2.05, 4.69) is 23.2 Å². The third kappa shape index (κ3) is 4.53. The summed E-state index contributed by atoms with van der Waals surface area (Å²) in [7, 11) is 0. The molecule has 170 valence electrons. The van der Waals surface area contributed by atoms with E-state index >= 15 is 0 Å². The van der Waals surface area contributed by atoms with Gasteiger partial charge in [0.15, 0.2) is 6.61 Å². The average molecular weight is 452 g/mol. The van der Waals surface area contributed by atoms with Crippen molar-refractivity contribution in [2.45, 2.75) is 25.3 Å². The Hall–Kier alpha value is -4.06. The van der Waals surface area contributed by atoms with Crippen LogP contribution in [0.4, 0.5) is 0 Å². The van der Waals surface area contributed by atoms with Crippen LogP contribution in [0.3, 0.4) is 0 Å². The van der Waals surface area contributed by atoms with Gasteiger partial charge in [0, 0.05) is 12.1 Å². The Labute approximate surface area is 198 Å². The molecule has 6 nitrogen and oxygen atoms in total. The summed E-state index contributed by atoms with van der Waals surface area (Å²) in [6.45, 7) is -0.389. The molecule has 0 radical (unpaired) electrons. The standard InChI is InChI=1S/C28H25N3O3/c32-25(19-34-28(33)24-16-7-8-17-29-24)31-27(21-12-5-2-6-13-21)23-15-9-14-22(26(23)30-31)18-20-10-3-1-4-11-20/h1-8,10-13,16-18,23,27H,9,14-15,19H2/b22-18+. The lowest BCUT2D eigenvalue weighted by Crippen LogP contribution is -2.34. The van der Waals surface area contributed by atoms with Crippen LogP contribution in [0, 0.1) is 5.92 Å². The average Bonchev–Trinajstić information content (AvgIpc) is 3.29. The zero-order valence-corrected chi connectivity index (χ0v) is 18.7. The summed E-state index contributed by atoms with van der Waals surface area (Å²) in [4.78, 5) is 29.6. The molecule has 2 aromatic carbocycles. The number of carbonyl (C=O) groups is 2. The number of pyridine rings is 1. The maximum Gasteiger partial charge on any atom is 0.357 e. The van der Waals surface area contributed by atoms with Crippen LogP contribution >= 0.6 is 0 Å². The second-order valence-electron chi connectivity index (χ2n) is 8.45. The van der Waals surface area contributed by atoms with Gasteiger partial charge in [0.2, 0.25) is 0 Å². The minimum absolute atomic E-state index is 0.0987. The highest BCUT2D eigenvalue weighted by molar-refractivity contribution is 6.08. The van der Waals surface area contributed by atoms with Crippen molar-refractivity contribution in [2.75, 3.05) is 6.61 Å². The number of rotatable bonds is 5. The number of esters is 1. The molecule has 1 fully saturated rings. The van der Waals surface area contributed by atoms with Crippen LogP contribution in [-0.2, 0) is 9.53 Å². The topological polar surface area (TPSA) is 71.9 Å². The second kappa shape index (κ2) is 9.83. The summed E-state index contributed by atoms with van der Waals surface area (Å²) in [6.07, 6.45) is 6.58. The molecule has 1 aliphatic heterocycles. The third-order valence-corrected chi connectivity index (χ3v) is 6.24. The summed E-state index contributed by atoms with van der Waals surface area (Å²) in [5.74, 6) is -0.875. The highest BCUT2D eigenvalue weighted by Crippen LogP contribution is 2.44. The summed E-state index contributed by atoms with van der Waals surface area (Å²) in [5.41, 5.74) is 4.42. The van der Waals surface area contributed by atoms with Gasteiger partial charge in [-0.25, -0.2) is 14.8 Å². The van der Waals surface area contributed by atoms with E-state index in [1.54, 1.807) is 18.2 Å². The first-order valence-corrected chi connectivity index (χ1v) is 11.5. The number of nitrogens with zero attached hydrogens (tertiary/aromatic N) is 3.